The van der Waals surface area contributed by atoms with Crippen molar-refractivity contribution in [3.05, 3.63) is 35.4 Å². The maximum Gasteiger partial charge on any atom is 0.166 e. The molecule has 2 N–H and O–H groups in total. The van der Waals surface area contributed by atoms with Crippen LogP contribution >= 0.6 is 0 Å². The van der Waals surface area contributed by atoms with Gasteiger partial charge in [0.2, 0.25) is 0 Å². The molecule has 0 atom stereocenters. The molecular formula is C14H19FN4. The van der Waals surface area contributed by atoms with Crippen molar-refractivity contribution in [1.29, 1.82) is 0 Å². The highest BCUT2D eigenvalue weighted by Crippen LogP contribution is 2.23. The molecule has 4 nitrogen and oxygen atoms in total. The van der Waals surface area contributed by atoms with Gasteiger partial charge in [-0.25, -0.2) is 4.39 Å². The second kappa shape index (κ2) is 5.48. The van der Waals surface area contributed by atoms with Crippen molar-refractivity contribution in [2.75, 3.05) is 0 Å². The van der Waals surface area contributed by atoms with Gasteiger partial charge in [0, 0.05) is 6.54 Å². The first-order chi connectivity index (χ1) is 9.02. The number of nitrogens with zero attached hydrogens (tertiary/aromatic N) is 3. The van der Waals surface area contributed by atoms with Crippen molar-refractivity contribution < 1.29 is 4.39 Å². The Kier molecular flexibility index (Phi) is 3.95. The second-order valence-electron chi connectivity index (χ2n) is 5.13. The van der Waals surface area contributed by atoms with Crippen LogP contribution in [0.25, 0.3) is 11.4 Å². The monoisotopic (exact) mass is 262 g/mol. The molecule has 0 amide bonds. The summed E-state index contributed by atoms with van der Waals surface area (Å²) >= 11 is 0. The van der Waals surface area contributed by atoms with Crippen LogP contribution in [0.2, 0.25) is 0 Å². The number of hydrogen-bond donors (Lipinski definition) is 1. The van der Waals surface area contributed by atoms with Crippen molar-refractivity contribution in [1.82, 2.24) is 14.8 Å². The fraction of sp³-hybridized carbons (Fsp3) is 0.429. The molecule has 0 fully saturated rings. The molecule has 0 aliphatic carbocycles. The molecule has 0 unspecified atom stereocenters. The molecule has 2 rings (SSSR count). The van der Waals surface area contributed by atoms with E-state index in [2.05, 4.69) is 24.0 Å². The molecule has 102 valence electrons. The van der Waals surface area contributed by atoms with E-state index in [1.807, 2.05) is 17.6 Å². The van der Waals surface area contributed by atoms with Gasteiger partial charge < -0.3 is 10.3 Å². The second-order valence-corrected chi connectivity index (χ2v) is 5.13. The fourth-order valence-corrected chi connectivity index (χ4v) is 2.04. The third kappa shape index (κ3) is 2.81. The summed E-state index contributed by atoms with van der Waals surface area (Å²) < 4.78 is 16.0. The molecule has 1 aromatic carbocycles. The van der Waals surface area contributed by atoms with E-state index in [9.17, 15) is 4.39 Å². The van der Waals surface area contributed by atoms with Crippen molar-refractivity contribution in [2.45, 2.75) is 33.9 Å². The molecule has 0 aliphatic rings. The average Bonchev–Trinajstić information content (AvgIpc) is 2.71. The minimum absolute atomic E-state index is 0.277. The number of benzene rings is 1. The van der Waals surface area contributed by atoms with Gasteiger partial charge in [-0.3, -0.25) is 0 Å². The summed E-state index contributed by atoms with van der Waals surface area (Å²) in [6.07, 6.45) is 0. The Morgan fingerprint density at radius 2 is 2.05 bits per heavy atom. The third-order valence-corrected chi connectivity index (χ3v) is 2.92. The quantitative estimate of drug-likeness (QED) is 0.921. The Morgan fingerprint density at radius 3 is 2.63 bits per heavy atom. The normalized spacial score (nSPS) is 11.3. The zero-order valence-electron chi connectivity index (χ0n) is 11.5. The van der Waals surface area contributed by atoms with Crippen molar-refractivity contribution in [2.24, 2.45) is 11.7 Å². The molecule has 0 aliphatic heterocycles. The van der Waals surface area contributed by atoms with Crippen LogP contribution in [0.15, 0.2) is 18.2 Å². The van der Waals surface area contributed by atoms with E-state index in [0.717, 1.165) is 12.1 Å². The lowest BCUT2D eigenvalue weighted by atomic mass is 10.1. The summed E-state index contributed by atoms with van der Waals surface area (Å²) in [5.41, 5.74) is 7.02. The first kappa shape index (κ1) is 13.7. The number of rotatable bonds is 4. The van der Waals surface area contributed by atoms with E-state index < -0.39 is 0 Å². The number of nitrogens with two attached hydrogens (primary N) is 1. The minimum atomic E-state index is -0.277. The highest BCUT2D eigenvalue weighted by molar-refractivity contribution is 5.57. The van der Waals surface area contributed by atoms with Crippen LogP contribution in [0.4, 0.5) is 4.39 Å². The van der Waals surface area contributed by atoms with Crippen molar-refractivity contribution in [3.63, 3.8) is 0 Å². The van der Waals surface area contributed by atoms with Gasteiger partial charge >= 0.3 is 0 Å². The zero-order chi connectivity index (χ0) is 14.0. The van der Waals surface area contributed by atoms with E-state index in [-0.39, 0.29) is 5.82 Å². The highest BCUT2D eigenvalue weighted by atomic mass is 19.1. The van der Waals surface area contributed by atoms with Gasteiger partial charge in [0.05, 0.1) is 12.1 Å². The lowest BCUT2D eigenvalue weighted by Gasteiger charge is -2.12. The molecule has 0 saturated carbocycles. The predicted octanol–water partition coefficient (Wildman–Crippen LogP) is 2.51. The molecule has 1 heterocycles. The molecule has 19 heavy (non-hydrogen) atoms. The van der Waals surface area contributed by atoms with Crippen LogP contribution in [0.5, 0.6) is 0 Å². The van der Waals surface area contributed by atoms with Crippen molar-refractivity contribution >= 4 is 0 Å². The molecule has 0 radical (unpaired) electrons. The number of aromatic nitrogens is 3. The largest absolute Gasteiger partial charge is 0.324 e. The predicted molar refractivity (Wildman–Crippen MR) is 72.9 cm³/mol. The lowest BCUT2D eigenvalue weighted by Crippen LogP contribution is -2.13. The average molecular weight is 262 g/mol. The van der Waals surface area contributed by atoms with Gasteiger partial charge in [-0.2, -0.15) is 0 Å². The van der Waals surface area contributed by atoms with Crippen molar-refractivity contribution in [3.8, 4) is 11.4 Å². The maximum atomic E-state index is 14.1. The Bertz CT molecular complexity index is 575. The van der Waals surface area contributed by atoms with E-state index in [1.165, 1.54) is 6.07 Å². The molecule has 1 aromatic heterocycles. The van der Waals surface area contributed by atoms with E-state index in [0.29, 0.717) is 29.7 Å². The molecule has 0 saturated heterocycles. The van der Waals surface area contributed by atoms with Crippen LogP contribution < -0.4 is 5.73 Å². The smallest absolute Gasteiger partial charge is 0.166 e. The van der Waals surface area contributed by atoms with Crippen LogP contribution in [0, 0.1) is 18.7 Å². The highest BCUT2D eigenvalue weighted by Gasteiger charge is 2.16. The van der Waals surface area contributed by atoms with Gasteiger partial charge in [-0.15, -0.1) is 10.2 Å². The fourth-order valence-electron chi connectivity index (χ4n) is 2.04. The zero-order valence-corrected chi connectivity index (χ0v) is 11.5. The molecule has 5 heteroatoms. The first-order valence-corrected chi connectivity index (χ1v) is 6.41. The molecule has 2 aromatic rings. The van der Waals surface area contributed by atoms with E-state index >= 15 is 0 Å². The summed E-state index contributed by atoms with van der Waals surface area (Å²) in [4.78, 5) is 0. The SMILES string of the molecule is Cc1ccc(-c2nnc(CN)n2CC(C)C)c(F)c1. The maximum absolute atomic E-state index is 14.1. The van der Waals surface area contributed by atoms with Crippen LogP contribution in [0.3, 0.4) is 0 Å². The van der Waals surface area contributed by atoms with Crippen LogP contribution in [-0.2, 0) is 13.1 Å². The summed E-state index contributed by atoms with van der Waals surface area (Å²) in [5, 5.41) is 8.14. The molecule has 0 bridgehead atoms. The Hall–Kier alpha value is -1.75. The Morgan fingerprint density at radius 1 is 1.32 bits per heavy atom. The van der Waals surface area contributed by atoms with Gasteiger partial charge in [0.15, 0.2) is 5.82 Å². The van der Waals surface area contributed by atoms with Gasteiger partial charge in [-0.05, 0) is 30.5 Å². The summed E-state index contributed by atoms with van der Waals surface area (Å²) in [6.45, 7) is 7.07. The third-order valence-electron chi connectivity index (χ3n) is 2.92. The summed E-state index contributed by atoms with van der Waals surface area (Å²) in [5.74, 6) is 1.37. The lowest BCUT2D eigenvalue weighted by molar-refractivity contribution is 0.509. The standard InChI is InChI=1S/C14H19FN4/c1-9(2)8-19-13(7-16)17-18-14(19)11-5-4-10(3)6-12(11)15/h4-6,9H,7-8,16H2,1-3H3. The number of halogens is 1. The summed E-state index contributed by atoms with van der Waals surface area (Å²) in [6, 6.07) is 5.12. The Balaban J connectivity index is 2.52. The van der Waals surface area contributed by atoms with E-state index in [4.69, 9.17) is 5.73 Å². The van der Waals surface area contributed by atoms with Gasteiger partial charge in [0.25, 0.3) is 0 Å². The van der Waals surface area contributed by atoms with Crippen LogP contribution in [-0.4, -0.2) is 14.8 Å². The molecule has 0 spiro atoms. The number of aryl methyl sites for hydroxylation is 1. The van der Waals surface area contributed by atoms with E-state index in [1.54, 1.807) is 6.07 Å². The topological polar surface area (TPSA) is 56.7 Å². The minimum Gasteiger partial charge on any atom is -0.324 e. The Labute approximate surface area is 112 Å². The first-order valence-electron chi connectivity index (χ1n) is 6.41. The van der Waals surface area contributed by atoms with Gasteiger partial charge in [0.1, 0.15) is 11.6 Å². The van der Waals surface area contributed by atoms with Gasteiger partial charge in [-0.1, -0.05) is 19.9 Å². The summed E-state index contributed by atoms with van der Waals surface area (Å²) in [7, 11) is 0. The molecular weight excluding hydrogens is 243 g/mol. The van der Waals surface area contributed by atoms with Crippen LogP contribution in [0.1, 0.15) is 25.2 Å². The number of hydrogen-bond acceptors (Lipinski definition) is 3.